The quantitative estimate of drug-likeness (QED) is 0.462. The van der Waals surface area contributed by atoms with Crippen molar-refractivity contribution in [3.63, 3.8) is 0 Å². The maximum Gasteiger partial charge on any atom is 0.200 e. The second kappa shape index (κ2) is 7.53. The Bertz CT molecular complexity index is 1190. The fourth-order valence-electron chi connectivity index (χ4n) is 3.17. The molecule has 0 aliphatic heterocycles. The van der Waals surface area contributed by atoms with E-state index in [2.05, 4.69) is 0 Å². The molecule has 138 valence electrons. The Morgan fingerprint density at radius 1 is 0.929 bits per heavy atom. The average Bonchev–Trinajstić information content (AvgIpc) is 2.73. The van der Waals surface area contributed by atoms with Crippen molar-refractivity contribution in [1.82, 2.24) is 0 Å². The van der Waals surface area contributed by atoms with Crippen LogP contribution in [0.25, 0.3) is 22.1 Å². The standard InChI is InChI=1S/C24H18O4/c1-16-23(18-10-6-3-7-11-18)24(26)20-13-12-19(14-22(20)28-16)27-15-21(25)17-8-4-2-5-9-17/h2-14H,15H2,1H3. The van der Waals surface area contributed by atoms with E-state index in [1.165, 1.54) is 0 Å². The Labute approximate surface area is 162 Å². The highest BCUT2D eigenvalue weighted by molar-refractivity contribution is 5.97. The molecule has 4 nitrogen and oxygen atoms in total. The van der Waals surface area contributed by atoms with Crippen molar-refractivity contribution >= 4 is 16.8 Å². The van der Waals surface area contributed by atoms with E-state index in [1.807, 2.05) is 48.5 Å². The molecule has 0 bridgehead atoms. The van der Waals surface area contributed by atoms with Crippen LogP contribution < -0.4 is 10.2 Å². The van der Waals surface area contributed by atoms with Gasteiger partial charge in [-0.2, -0.15) is 0 Å². The third-order valence-corrected chi connectivity index (χ3v) is 4.57. The van der Waals surface area contributed by atoms with Gasteiger partial charge in [0.05, 0.1) is 10.9 Å². The number of benzene rings is 3. The maximum atomic E-state index is 13.0. The largest absolute Gasteiger partial charge is 0.485 e. The summed E-state index contributed by atoms with van der Waals surface area (Å²) in [5, 5.41) is 0.478. The van der Waals surface area contributed by atoms with E-state index in [-0.39, 0.29) is 17.8 Å². The van der Waals surface area contributed by atoms with Gasteiger partial charge in [0, 0.05) is 11.6 Å². The lowest BCUT2D eigenvalue weighted by molar-refractivity contribution is 0.0921. The van der Waals surface area contributed by atoms with E-state index in [0.717, 1.165) is 5.56 Å². The number of hydrogen-bond donors (Lipinski definition) is 0. The van der Waals surface area contributed by atoms with Crippen molar-refractivity contribution in [3.8, 4) is 16.9 Å². The highest BCUT2D eigenvalue weighted by atomic mass is 16.5. The average molecular weight is 370 g/mol. The molecule has 4 aromatic rings. The summed E-state index contributed by atoms with van der Waals surface area (Å²) in [6.45, 7) is 1.69. The molecule has 4 heteroatoms. The molecule has 1 heterocycles. The molecule has 0 unspecified atom stereocenters. The van der Waals surface area contributed by atoms with E-state index >= 15 is 0 Å². The lowest BCUT2D eigenvalue weighted by Crippen LogP contribution is -2.12. The summed E-state index contributed by atoms with van der Waals surface area (Å²) in [4.78, 5) is 25.2. The van der Waals surface area contributed by atoms with Crippen LogP contribution in [0.15, 0.2) is 88.1 Å². The third kappa shape index (κ3) is 3.45. The Morgan fingerprint density at radius 3 is 2.32 bits per heavy atom. The van der Waals surface area contributed by atoms with E-state index in [9.17, 15) is 9.59 Å². The molecular weight excluding hydrogens is 352 g/mol. The third-order valence-electron chi connectivity index (χ3n) is 4.57. The first-order chi connectivity index (χ1) is 13.6. The summed E-state index contributed by atoms with van der Waals surface area (Å²) < 4.78 is 11.5. The number of rotatable bonds is 5. The zero-order valence-electron chi connectivity index (χ0n) is 15.3. The van der Waals surface area contributed by atoms with Gasteiger partial charge in [-0.3, -0.25) is 9.59 Å². The molecule has 0 fully saturated rings. The van der Waals surface area contributed by atoms with Crippen molar-refractivity contribution in [3.05, 3.63) is 100 Å². The minimum absolute atomic E-state index is 0.0825. The van der Waals surface area contributed by atoms with Crippen LogP contribution in [0.2, 0.25) is 0 Å². The highest BCUT2D eigenvalue weighted by Gasteiger charge is 2.14. The lowest BCUT2D eigenvalue weighted by Gasteiger charge is -2.09. The first-order valence-corrected chi connectivity index (χ1v) is 8.97. The number of fused-ring (bicyclic) bond motifs is 1. The van der Waals surface area contributed by atoms with Gasteiger partial charge in [0.15, 0.2) is 12.4 Å². The van der Waals surface area contributed by atoms with Gasteiger partial charge in [-0.15, -0.1) is 0 Å². The number of hydrogen-bond acceptors (Lipinski definition) is 4. The molecular formula is C24H18O4. The smallest absolute Gasteiger partial charge is 0.200 e. The topological polar surface area (TPSA) is 56.5 Å². The van der Waals surface area contributed by atoms with Crippen LogP contribution in [-0.4, -0.2) is 12.4 Å². The number of carbonyl (C=O) groups excluding carboxylic acids is 1. The molecule has 0 saturated carbocycles. The second-order valence-electron chi connectivity index (χ2n) is 6.46. The van der Waals surface area contributed by atoms with E-state index in [1.54, 1.807) is 37.3 Å². The number of carbonyl (C=O) groups is 1. The Balaban J connectivity index is 1.63. The van der Waals surface area contributed by atoms with Gasteiger partial charge < -0.3 is 9.15 Å². The zero-order valence-corrected chi connectivity index (χ0v) is 15.3. The van der Waals surface area contributed by atoms with Crippen LogP contribution >= 0.6 is 0 Å². The van der Waals surface area contributed by atoms with Crippen molar-refractivity contribution < 1.29 is 13.9 Å². The molecule has 0 amide bonds. The normalized spacial score (nSPS) is 10.8. The van der Waals surface area contributed by atoms with Crippen LogP contribution in [0.1, 0.15) is 16.1 Å². The summed E-state index contributed by atoms with van der Waals surface area (Å²) in [6, 6.07) is 23.4. The highest BCUT2D eigenvalue weighted by Crippen LogP contribution is 2.26. The SMILES string of the molecule is Cc1oc2cc(OCC(=O)c3ccccc3)ccc2c(=O)c1-c1ccccc1. The predicted molar refractivity (Wildman–Crippen MR) is 109 cm³/mol. The maximum absolute atomic E-state index is 13.0. The molecule has 0 saturated heterocycles. The Morgan fingerprint density at radius 2 is 1.61 bits per heavy atom. The number of aryl methyl sites for hydroxylation is 1. The predicted octanol–water partition coefficient (Wildman–Crippen LogP) is 5.03. The summed E-state index contributed by atoms with van der Waals surface area (Å²) >= 11 is 0. The Kier molecular flexibility index (Phi) is 4.77. The van der Waals surface area contributed by atoms with Gasteiger partial charge in [-0.05, 0) is 24.6 Å². The van der Waals surface area contributed by atoms with E-state index < -0.39 is 0 Å². The summed E-state index contributed by atoms with van der Waals surface area (Å²) in [5.74, 6) is 0.908. The lowest BCUT2D eigenvalue weighted by atomic mass is 10.0. The number of ketones is 1. The fourth-order valence-corrected chi connectivity index (χ4v) is 3.17. The first kappa shape index (κ1) is 17.7. The molecule has 0 aliphatic rings. The van der Waals surface area contributed by atoms with Gasteiger partial charge in [0.2, 0.25) is 5.43 Å². The van der Waals surface area contributed by atoms with Crippen LogP contribution in [0.4, 0.5) is 0 Å². The molecule has 0 spiro atoms. The minimum atomic E-state index is -0.113. The monoisotopic (exact) mass is 370 g/mol. The van der Waals surface area contributed by atoms with Gasteiger partial charge in [-0.25, -0.2) is 0 Å². The molecule has 0 N–H and O–H groups in total. The van der Waals surface area contributed by atoms with Gasteiger partial charge in [-0.1, -0.05) is 60.7 Å². The Hall–Kier alpha value is -3.66. The summed E-state index contributed by atoms with van der Waals surface area (Å²) in [5.41, 5.74) is 2.33. The van der Waals surface area contributed by atoms with E-state index in [0.29, 0.717) is 33.6 Å². The van der Waals surface area contributed by atoms with Crippen LogP contribution in [0, 0.1) is 6.92 Å². The number of ether oxygens (including phenoxy) is 1. The molecule has 4 rings (SSSR count). The summed E-state index contributed by atoms with van der Waals surface area (Å²) in [6.07, 6.45) is 0. The number of Topliss-reactive ketones (excluding diaryl/α,β-unsaturated/α-hetero) is 1. The molecule has 1 aromatic heterocycles. The van der Waals surface area contributed by atoms with Crippen LogP contribution in [0.3, 0.4) is 0 Å². The second-order valence-corrected chi connectivity index (χ2v) is 6.46. The van der Waals surface area contributed by atoms with Crippen LogP contribution in [0.5, 0.6) is 5.75 Å². The van der Waals surface area contributed by atoms with Crippen molar-refractivity contribution in [2.45, 2.75) is 6.92 Å². The molecule has 0 atom stereocenters. The van der Waals surface area contributed by atoms with Crippen molar-refractivity contribution in [1.29, 1.82) is 0 Å². The van der Waals surface area contributed by atoms with Gasteiger partial charge >= 0.3 is 0 Å². The van der Waals surface area contributed by atoms with Crippen molar-refractivity contribution in [2.24, 2.45) is 0 Å². The van der Waals surface area contributed by atoms with Crippen LogP contribution in [-0.2, 0) is 0 Å². The van der Waals surface area contributed by atoms with Gasteiger partial charge in [0.1, 0.15) is 17.1 Å². The molecule has 28 heavy (non-hydrogen) atoms. The first-order valence-electron chi connectivity index (χ1n) is 8.97. The minimum Gasteiger partial charge on any atom is -0.485 e. The van der Waals surface area contributed by atoms with E-state index in [4.69, 9.17) is 9.15 Å². The van der Waals surface area contributed by atoms with Gasteiger partial charge in [0.25, 0.3) is 0 Å². The molecule has 0 aliphatic carbocycles. The molecule has 0 radical (unpaired) electrons. The molecule has 3 aromatic carbocycles. The summed E-state index contributed by atoms with van der Waals surface area (Å²) in [7, 11) is 0. The zero-order chi connectivity index (χ0) is 19.5. The van der Waals surface area contributed by atoms with Crippen molar-refractivity contribution in [2.75, 3.05) is 6.61 Å². The fraction of sp³-hybridized carbons (Fsp3) is 0.0833.